The molecule has 0 aromatic carbocycles. The first-order chi connectivity index (χ1) is 8.20. The number of rotatable bonds is 9. The minimum Gasteiger partial charge on any atom is -0.466 e. The van der Waals surface area contributed by atoms with Gasteiger partial charge in [-0.2, -0.15) is 0 Å². The molecule has 0 aromatic rings. The van der Waals surface area contributed by atoms with Crippen LogP contribution in [0.1, 0.15) is 60.3 Å². The topological polar surface area (TPSA) is 58.6 Å². The van der Waals surface area contributed by atoms with E-state index < -0.39 is 5.60 Å². The predicted octanol–water partition coefficient (Wildman–Crippen LogP) is 2.25. The van der Waals surface area contributed by atoms with Crippen LogP contribution in [-0.2, 0) is 9.53 Å². The van der Waals surface area contributed by atoms with Crippen molar-refractivity contribution < 1.29 is 14.6 Å². The molecule has 0 rings (SSSR count). The van der Waals surface area contributed by atoms with Gasteiger partial charge in [-0.1, -0.05) is 6.42 Å². The van der Waals surface area contributed by atoms with E-state index in [1.54, 1.807) is 13.8 Å². The summed E-state index contributed by atoms with van der Waals surface area (Å²) in [5, 5.41) is 13.3. The summed E-state index contributed by atoms with van der Waals surface area (Å²) in [6, 6.07) is 0. The lowest BCUT2D eigenvalue weighted by Crippen LogP contribution is -2.56. The van der Waals surface area contributed by atoms with Crippen LogP contribution in [0.4, 0.5) is 0 Å². The lowest BCUT2D eigenvalue weighted by atomic mass is 9.86. The summed E-state index contributed by atoms with van der Waals surface area (Å²) in [6.07, 6.45) is 3.36. The molecule has 0 heterocycles. The Morgan fingerprint density at radius 3 is 2.28 bits per heavy atom. The Kier molecular flexibility index (Phi) is 7.48. The van der Waals surface area contributed by atoms with Crippen LogP contribution in [0.15, 0.2) is 0 Å². The maximum absolute atomic E-state index is 11.1. The van der Waals surface area contributed by atoms with E-state index in [-0.39, 0.29) is 11.5 Å². The Balaban J connectivity index is 3.60. The molecule has 4 nitrogen and oxygen atoms in total. The summed E-state index contributed by atoms with van der Waals surface area (Å²) in [7, 11) is 0. The van der Waals surface area contributed by atoms with Crippen LogP contribution in [0.5, 0.6) is 0 Å². The van der Waals surface area contributed by atoms with Crippen LogP contribution in [0.2, 0.25) is 0 Å². The van der Waals surface area contributed by atoms with E-state index in [4.69, 9.17) is 4.74 Å². The molecule has 0 aliphatic rings. The fourth-order valence-electron chi connectivity index (χ4n) is 1.42. The van der Waals surface area contributed by atoms with E-state index in [9.17, 15) is 9.90 Å². The number of hydrogen-bond donors (Lipinski definition) is 2. The molecule has 0 spiro atoms. The van der Waals surface area contributed by atoms with Crippen LogP contribution < -0.4 is 5.32 Å². The first kappa shape index (κ1) is 17.4. The van der Waals surface area contributed by atoms with Crippen LogP contribution in [0.25, 0.3) is 0 Å². The van der Waals surface area contributed by atoms with Gasteiger partial charge in [0.25, 0.3) is 0 Å². The van der Waals surface area contributed by atoms with Crippen molar-refractivity contribution in [3.63, 3.8) is 0 Å². The van der Waals surface area contributed by atoms with E-state index in [1.165, 1.54) is 0 Å². The van der Waals surface area contributed by atoms with Crippen molar-refractivity contribution in [2.75, 3.05) is 13.2 Å². The summed E-state index contributed by atoms with van der Waals surface area (Å²) >= 11 is 0. The fraction of sp³-hybridized carbons (Fsp3) is 0.929. The van der Waals surface area contributed by atoms with Crippen LogP contribution in [0, 0.1) is 0 Å². The lowest BCUT2D eigenvalue weighted by Gasteiger charge is -2.38. The van der Waals surface area contributed by atoms with Crippen molar-refractivity contribution in [3.8, 4) is 0 Å². The number of ether oxygens (including phenoxy) is 1. The molecule has 0 aromatic heterocycles. The van der Waals surface area contributed by atoms with Crippen LogP contribution >= 0.6 is 0 Å². The molecule has 0 unspecified atom stereocenters. The molecule has 0 atom stereocenters. The minimum absolute atomic E-state index is 0.109. The smallest absolute Gasteiger partial charge is 0.305 e. The molecule has 0 radical (unpaired) electrons. The van der Waals surface area contributed by atoms with Gasteiger partial charge >= 0.3 is 5.97 Å². The number of carbonyl (C=O) groups excluding carboxylic acids is 1. The molecular weight excluding hydrogens is 230 g/mol. The van der Waals surface area contributed by atoms with Crippen molar-refractivity contribution >= 4 is 5.97 Å². The maximum atomic E-state index is 11.1. The van der Waals surface area contributed by atoms with Gasteiger partial charge in [-0.3, -0.25) is 4.79 Å². The molecule has 0 saturated heterocycles. The third-order valence-electron chi connectivity index (χ3n) is 3.46. The standard InChI is InChI=1S/C14H29NO3/c1-6-18-12(16)10-8-7-9-11-15-13(2,3)14(4,5)17/h15,17H,6-11H2,1-5H3. The average Bonchev–Trinajstić information content (AvgIpc) is 2.21. The highest BCUT2D eigenvalue weighted by atomic mass is 16.5. The molecule has 0 bridgehead atoms. The summed E-state index contributed by atoms with van der Waals surface area (Å²) in [4.78, 5) is 11.1. The van der Waals surface area contributed by atoms with E-state index >= 15 is 0 Å². The first-order valence-corrected chi connectivity index (χ1v) is 6.83. The van der Waals surface area contributed by atoms with Crippen molar-refractivity contribution in [2.45, 2.75) is 71.4 Å². The Hall–Kier alpha value is -0.610. The number of unbranched alkanes of at least 4 members (excludes halogenated alkanes) is 2. The Labute approximate surface area is 111 Å². The largest absolute Gasteiger partial charge is 0.466 e. The molecule has 108 valence electrons. The lowest BCUT2D eigenvalue weighted by molar-refractivity contribution is -0.143. The van der Waals surface area contributed by atoms with Gasteiger partial charge in [0.05, 0.1) is 12.2 Å². The highest BCUT2D eigenvalue weighted by Gasteiger charge is 2.33. The normalized spacial score (nSPS) is 12.6. The third kappa shape index (κ3) is 6.97. The van der Waals surface area contributed by atoms with Crippen molar-refractivity contribution in [1.29, 1.82) is 0 Å². The summed E-state index contributed by atoms with van der Waals surface area (Å²) in [6.45, 7) is 10.7. The molecular formula is C14H29NO3. The monoisotopic (exact) mass is 259 g/mol. The SMILES string of the molecule is CCOC(=O)CCCCCNC(C)(C)C(C)(C)O. The van der Waals surface area contributed by atoms with Gasteiger partial charge in [-0.15, -0.1) is 0 Å². The zero-order valence-corrected chi connectivity index (χ0v) is 12.5. The number of nitrogens with one attached hydrogen (secondary N) is 1. The summed E-state index contributed by atoms with van der Waals surface area (Å²) in [5.41, 5.74) is -1.06. The fourth-order valence-corrected chi connectivity index (χ4v) is 1.42. The minimum atomic E-state index is -0.752. The quantitative estimate of drug-likeness (QED) is 0.492. The second kappa shape index (κ2) is 7.74. The van der Waals surface area contributed by atoms with Gasteiger partial charge in [0.1, 0.15) is 0 Å². The first-order valence-electron chi connectivity index (χ1n) is 6.83. The average molecular weight is 259 g/mol. The number of hydrogen-bond acceptors (Lipinski definition) is 4. The van der Waals surface area contributed by atoms with Gasteiger partial charge < -0.3 is 15.2 Å². The molecule has 0 aliphatic carbocycles. The van der Waals surface area contributed by atoms with Crippen molar-refractivity contribution in [2.24, 2.45) is 0 Å². The second-order valence-electron chi connectivity index (χ2n) is 5.73. The Morgan fingerprint density at radius 2 is 1.78 bits per heavy atom. The predicted molar refractivity (Wildman–Crippen MR) is 73.5 cm³/mol. The van der Waals surface area contributed by atoms with Gasteiger partial charge in [-0.05, 0) is 54.0 Å². The van der Waals surface area contributed by atoms with Gasteiger partial charge in [0.2, 0.25) is 0 Å². The van der Waals surface area contributed by atoms with Crippen LogP contribution in [-0.4, -0.2) is 35.4 Å². The Bertz CT molecular complexity index is 244. The van der Waals surface area contributed by atoms with Crippen LogP contribution in [0.3, 0.4) is 0 Å². The van der Waals surface area contributed by atoms with Gasteiger partial charge in [0.15, 0.2) is 0 Å². The molecule has 0 saturated carbocycles. The van der Waals surface area contributed by atoms with E-state index in [0.29, 0.717) is 13.0 Å². The summed E-state index contributed by atoms with van der Waals surface area (Å²) in [5.74, 6) is -0.109. The van der Waals surface area contributed by atoms with Crippen molar-refractivity contribution in [1.82, 2.24) is 5.32 Å². The zero-order valence-electron chi connectivity index (χ0n) is 12.5. The highest BCUT2D eigenvalue weighted by Crippen LogP contribution is 2.20. The molecule has 4 heteroatoms. The van der Waals surface area contributed by atoms with E-state index in [1.807, 2.05) is 20.8 Å². The number of esters is 1. The third-order valence-corrected chi connectivity index (χ3v) is 3.46. The highest BCUT2D eigenvalue weighted by molar-refractivity contribution is 5.69. The number of carbonyl (C=O) groups is 1. The van der Waals surface area contributed by atoms with E-state index in [0.717, 1.165) is 25.8 Å². The Morgan fingerprint density at radius 1 is 1.17 bits per heavy atom. The number of aliphatic hydroxyl groups is 1. The molecule has 0 aliphatic heterocycles. The van der Waals surface area contributed by atoms with Crippen molar-refractivity contribution in [3.05, 3.63) is 0 Å². The molecule has 2 N–H and O–H groups in total. The van der Waals surface area contributed by atoms with Gasteiger partial charge in [0, 0.05) is 12.0 Å². The van der Waals surface area contributed by atoms with Gasteiger partial charge in [-0.25, -0.2) is 0 Å². The summed E-state index contributed by atoms with van der Waals surface area (Å²) < 4.78 is 4.86. The van der Waals surface area contributed by atoms with E-state index in [2.05, 4.69) is 5.32 Å². The molecule has 18 heavy (non-hydrogen) atoms. The zero-order chi connectivity index (χ0) is 14.2. The molecule has 0 amide bonds. The molecule has 0 fully saturated rings. The second-order valence-corrected chi connectivity index (χ2v) is 5.73. The maximum Gasteiger partial charge on any atom is 0.305 e.